The van der Waals surface area contributed by atoms with Crippen molar-refractivity contribution < 1.29 is 9.90 Å². The van der Waals surface area contributed by atoms with E-state index in [1.54, 1.807) is 12.1 Å². The number of anilines is 1. The Balaban J connectivity index is 2.21. The number of carboxylic acids is 1. The van der Waals surface area contributed by atoms with Crippen LogP contribution in [0.25, 0.3) is 0 Å². The second kappa shape index (κ2) is 5.59. The van der Waals surface area contributed by atoms with Gasteiger partial charge in [0, 0.05) is 16.6 Å². The van der Waals surface area contributed by atoms with E-state index in [4.69, 9.17) is 0 Å². The molecule has 2 aromatic heterocycles. The Hall–Kier alpha value is -1.95. The topological polar surface area (TPSA) is 75.1 Å². The van der Waals surface area contributed by atoms with Gasteiger partial charge >= 0.3 is 5.97 Å². The first-order valence-electron chi connectivity index (χ1n) is 5.54. The van der Waals surface area contributed by atoms with E-state index in [0.717, 1.165) is 17.0 Å². The average Bonchev–Trinajstić information content (AvgIpc) is 2.89. The standard InChI is InChI=1S/C12H13N3O2S/c1-2-8-6-10(14-7-13-8)15-11(12(16)17)9-4-3-5-18-9/h3-7,11H,2H2,1H3,(H,16,17)(H,13,14,15). The number of aromatic nitrogens is 2. The summed E-state index contributed by atoms with van der Waals surface area (Å²) in [5, 5.41) is 14.0. The van der Waals surface area contributed by atoms with Crippen LogP contribution in [0.2, 0.25) is 0 Å². The summed E-state index contributed by atoms with van der Waals surface area (Å²) in [4.78, 5) is 20.1. The van der Waals surface area contributed by atoms with Gasteiger partial charge in [0.1, 0.15) is 12.1 Å². The number of aliphatic carboxylic acids is 1. The highest BCUT2D eigenvalue weighted by atomic mass is 32.1. The van der Waals surface area contributed by atoms with E-state index in [9.17, 15) is 9.90 Å². The van der Waals surface area contributed by atoms with Gasteiger partial charge in [0.05, 0.1) is 0 Å². The maximum Gasteiger partial charge on any atom is 0.331 e. The van der Waals surface area contributed by atoms with Crippen LogP contribution in [0.4, 0.5) is 5.82 Å². The van der Waals surface area contributed by atoms with Gasteiger partial charge in [-0.3, -0.25) is 0 Å². The molecule has 2 aromatic rings. The number of hydrogen-bond acceptors (Lipinski definition) is 5. The lowest BCUT2D eigenvalue weighted by Crippen LogP contribution is -2.20. The molecular weight excluding hydrogens is 250 g/mol. The van der Waals surface area contributed by atoms with Crippen molar-refractivity contribution in [2.24, 2.45) is 0 Å². The molecule has 0 spiro atoms. The van der Waals surface area contributed by atoms with E-state index < -0.39 is 12.0 Å². The Morgan fingerprint density at radius 3 is 3.00 bits per heavy atom. The summed E-state index contributed by atoms with van der Waals surface area (Å²) in [5.74, 6) is -0.392. The van der Waals surface area contributed by atoms with Gasteiger partial charge in [0.25, 0.3) is 0 Å². The van der Waals surface area contributed by atoms with Crippen LogP contribution in [0.15, 0.2) is 29.9 Å². The lowest BCUT2D eigenvalue weighted by Gasteiger charge is -2.13. The Morgan fingerprint density at radius 1 is 1.56 bits per heavy atom. The van der Waals surface area contributed by atoms with E-state index in [1.165, 1.54) is 17.7 Å². The zero-order chi connectivity index (χ0) is 13.0. The van der Waals surface area contributed by atoms with Crippen molar-refractivity contribution in [3.63, 3.8) is 0 Å². The van der Waals surface area contributed by atoms with E-state index in [0.29, 0.717) is 5.82 Å². The largest absolute Gasteiger partial charge is 0.479 e. The highest BCUT2D eigenvalue weighted by Gasteiger charge is 2.21. The first-order valence-corrected chi connectivity index (χ1v) is 6.42. The minimum absolute atomic E-state index is 0.530. The summed E-state index contributed by atoms with van der Waals surface area (Å²) < 4.78 is 0. The maximum atomic E-state index is 11.3. The molecule has 0 saturated heterocycles. The van der Waals surface area contributed by atoms with E-state index in [2.05, 4.69) is 15.3 Å². The van der Waals surface area contributed by atoms with Crippen LogP contribution >= 0.6 is 11.3 Å². The molecule has 1 unspecified atom stereocenters. The lowest BCUT2D eigenvalue weighted by molar-refractivity contribution is -0.138. The van der Waals surface area contributed by atoms with Gasteiger partial charge in [-0.2, -0.15) is 0 Å². The first-order chi connectivity index (χ1) is 8.70. The first kappa shape index (κ1) is 12.5. The third kappa shape index (κ3) is 2.84. The Morgan fingerprint density at radius 2 is 2.39 bits per heavy atom. The molecule has 0 aliphatic heterocycles. The second-order valence-electron chi connectivity index (χ2n) is 3.68. The molecule has 2 heterocycles. The van der Waals surface area contributed by atoms with Crippen molar-refractivity contribution in [3.8, 4) is 0 Å². The number of carboxylic acid groups (broad SMARTS) is 1. The van der Waals surface area contributed by atoms with Crippen molar-refractivity contribution in [1.82, 2.24) is 9.97 Å². The van der Waals surface area contributed by atoms with Crippen LogP contribution < -0.4 is 5.32 Å². The minimum Gasteiger partial charge on any atom is -0.479 e. The van der Waals surface area contributed by atoms with Crippen LogP contribution in [0.5, 0.6) is 0 Å². The van der Waals surface area contributed by atoms with Gasteiger partial charge in [0.2, 0.25) is 0 Å². The maximum absolute atomic E-state index is 11.3. The fraction of sp³-hybridized carbons (Fsp3) is 0.250. The summed E-state index contributed by atoms with van der Waals surface area (Å²) in [6.07, 6.45) is 2.22. The van der Waals surface area contributed by atoms with E-state index >= 15 is 0 Å². The van der Waals surface area contributed by atoms with Crippen LogP contribution in [0.3, 0.4) is 0 Å². The number of aryl methyl sites for hydroxylation is 1. The molecule has 0 amide bonds. The predicted molar refractivity (Wildman–Crippen MR) is 69.7 cm³/mol. The molecule has 94 valence electrons. The molecule has 0 aliphatic rings. The molecular formula is C12H13N3O2S. The van der Waals surface area contributed by atoms with Crippen molar-refractivity contribution >= 4 is 23.1 Å². The number of hydrogen-bond donors (Lipinski definition) is 2. The highest BCUT2D eigenvalue weighted by molar-refractivity contribution is 7.10. The molecule has 5 nitrogen and oxygen atoms in total. The monoisotopic (exact) mass is 263 g/mol. The minimum atomic E-state index is -0.922. The van der Waals surface area contributed by atoms with E-state index in [1.807, 2.05) is 18.4 Å². The molecule has 0 radical (unpaired) electrons. The second-order valence-corrected chi connectivity index (χ2v) is 4.66. The zero-order valence-corrected chi connectivity index (χ0v) is 10.6. The molecule has 0 aliphatic carbocycles. The lowest BCUT2D eigenvalue weighted by atomic mass is 10.2. The van der Waals surface area contributed by atoms with Gasteiger partial charge in [0.15, 0.2) is 6.04 Å². The average molecular weight is 263 g/mol. The Bertz CT molecular complexity index is 528. The third-order valence-corrected chi connectivity index (χ3v) is 3.39. The van der Waals surface area contributed by atoms with Crippen LogP contribution in [0.1, 0.15) is 23.5 Å². The van der Waals surface area contributed by atoms with E-state index in [-0.39, 0.29) is 0 Å². The summed E-state index contributed by atoms with van der Waals surface area (Å²) in [5.41, 5.74) is 0.878. The number of rotatable bonds is 5. The van der Waals surface area contributed by atoms with Gasteiger partial charge in [-0.25, -0.2) is 14.8 Å². The summed E-state index contributed by atoms with van der Waals surface area (Å²) in [6.45, 7) is 1.99. The third-order valence-electron chi connectivity index (χ3n) is 2.45. The quantitative estimate of drug-likeness (QED) is 0.866. The molecule has 0 fully saturated rings. The van der Waals surface area contributed by atoms with Crippen molar-refractivity contribution in [3.05, 3.63) is 40.5 Å². The van der Waals surface area contributed by atoms with Crippen LogP contribution in [-0.2, 0) is 11.2 Å². The fourth-order valence-corrected chi connectivity index (χ4v) is 2.30. The predicted octanol–water partition coefficient (Wildman–Crippen LogP) is 2.34. The molecule has 18 heavy (non-hydrogen) atoms. The zero-order valence-electron chi connectivity index (χ0n) is 9.83. The van der Waals surface area contributed by atoms with Gasteiger partial charge < -0.3 is 10.4 Å². The molecule has 6 heteroatoms. The van der Waals surface area contributed by atoms with Crippen LogP contribution in [-0.4, -0.2) is 21.0 Å². The number of nitrogens with zero attached hydrogens (tertiary/aromatic N) is 2. The molecule has 0 aromatic carbocycles. The number of carbonyl (C=O) groups is 1. The molecule has 2 N–H and O–H groups in total. The highest BCUT2D eigenvalue weighted by Crippen LogP contribution is 2.23. The molecule has 2 rings (SSSR count). The SMILES string of the molecule is CCc1cc(NC(C(=O)O)c2cccs2)ncn1. The summed E-state index contributed by atoms with van der Waals surface area (Å²) >= 11 is 1.40. The Kier molecular flexibility index (Phi) is 3.88. The van der Waals surface area contributed by atoms with Gasteiger partial charge in [-0.1, -0.05) is 13.0 Å². The smallest absolute Gasteiger partial charge is 0.331 e. The number of thiophene rings is 1. The van der Waals surface area contributed by atoms with Crippen molar-refractivity contribution in [1.29, 1.82) is 0 Å². The summed E-state index contributed by atoms with van der Waals surface area (Å²) in [7, 11) is 0. The van der Waals surface area contributed by atoms with Gasteiger partial charge in [-0.05, 0) is 17.9 Å². The summed E-state index contributed by atoms with van der Waals surface area (Å²) in [6, 6.07) is 4.61. The van der Waals surface area contributed by atoms with Crippen molar-refractivity contribution in [2.75, 3.05) is 5.32 Å². The molecule has 1 atom stereocenters. The molecule has 0 bridgehead atoms. The van der Waals surface area contributed by atoms with Crippen molar-refractivity contribution in [2.45, 2.75) is 19.4 Å². The number of nitrogens with one attached hydrogen (secondary N) is 1. The molecule has 0 saturated carbocycles. The van der Waals surface area contributed by atoms with Gasteiger partial charge in [-0.15, -0.1) is 11.3 Å². The fourth-order valence-electron chi connectivity index (χ4n) is 1.53. The normalized spacial score (nSPS) is 12.1. The van der Waals surface area contributed by atoms with Crippen LogP contribution in [0, 0.1) is 0 Å². The Labute approximate surface area is 109 Å².